The van der Waals surface area contributed by atoms with Crippen molar-refractivity contribution in [2.75, 3.05) is 195 Å². The van der Waals surface area contributed by atoms with Crippen LogP contribution in [0.3, 0.4) is 0 Å². The Bertz CT molecular complexity index is 997. The van der Waals surface area contributed by atoms with E-state index in [0.717, 1.165) is 58.7 Å². The smallest absolute Gasteiger partial charge is 0.221 e. The van der Waals surface area contributed by atoms with Crippen molar-refractivity contribution in [3.05, 3.63) is 0 Å². The van der Waals surface area contributed by atoms with Gasteiger partial charge in [-0.2, -0.15) is 0 Å². The Kier molecular flexibility index (Phi) is 34.0. The van der Waals surface area contributed by atoms with Gasteiger partial charge >= 0.3 is 0 Å². The maximum atomic E-state index is 12.8. The molecule has 0 aromatic carbocycles. The molecule has 5 amide bonds. The molecule has 0 aliphatic carbocycles. The van der Waals surface area contributed by atoms with Crippen LogP contribution in [0.15, 0.2) is 0 Å². The van der Waals surface area contributed by atoms with E-state index in [-0.39, 0.29) is 29.5 Å². The van der Waals surface area contributed by atoms with Gasteiger partial charge in [0.05, 0.1) is 0 Å². The highest BCUT2D eigenvalue weighted by Gasteiger charge is 2.16. The minimum absolute atomic E-state index is 0.00386. The molecule has 5 N–H and O–H groups in total. The third-order valence-corrected chi connectivity index (χ3v) is 9.58. The zero-order chi connectivity index (χ0) is 44.4. The lowest BCUT2D eigenvalue weighted by Crippen LogP contribution is -2.39. The minimum Gasteiger partial charge on any atom is -0.355 e. The lowest BCUT2D eigenvalue weighted by molar-refractivity contribution is -0.123. The molecule has 18 nitrogen and oxygen atoms in total. The standard InChI is InChI=1S/C41H87N13O5/c1-47(2)32-18-42-37(55)13-27-52(23-11-25-53(28-14-38(56)43-19-33-48(3)4)29-15-39(57)44-20-34-49(5)6)24-12-26-54(30-16-40(58)45-21-35-50(7)8)31-17-41(59)46-22-36-51(9)10/h11-36H2,1-10H3,(H,42,55)(H,43,56)(H,44,57)(H,45,58)(H,46,59). The van der Waals surface area contributed by atoms with Crippen LogP contribution in [0.4, 0.5) is 0 Å². The molecule has 0 aromatic heterocycles. The highest BCUT2D eigenvalue weighted by Crippen LogP contribution is 2.05. The summed E-state index contributed by atoms with van der Waals surface area (Å²) in [6.07, 6.45) is 3.38. The normalized spacial score (nSPS) is 11.8. The molecule has 0 spiro atoms. The number of rotatable bonds is 38. The summed E-state index contributed by atoms with van der Waals surface area (Å²) in [6.45, 7) is 12.5. The molecule has 0 aliphatic rings. The maximum absolute atomic E-state index is 12.8. The number of hydrogen-bond acceptors (Lipinski definition) is 13. The average Bonchev–Trinajstić information content (AvgIpc) is 3.14. The number of amides is 5. The van der Waals surface area contributed by atoms with E-state index in [2.05, 4.69) is 41.3 Å². The molecule has 18 heteroatoms. The van der Waals surface area contributed by atoms with Crippen LogP contribution in [-0.4, -0.2) is 264 Å². The molecule has 59 heavy (non-hydrogen) atoms. The molecule has 346 valence electrons. The fourth-order valence-corrected chi connectivity index (χ4v) is 5.88. The monoisotopic (exact) mass is 842 g/mol. The summed E-state index contributed by atoms with van der Waals surface area (Å²) >= 11 is 0. The Balaban J connectivity index is 5.64. The zero-order valence-corrected chi connectivity index (χ0v) is 39.0. The highest BCUT2D eigenvalue weighted by atomic mass is 16.2. The van der Waals surface area contributed by atoms with Crippen molar-refractivity contribution in [2.45, 2.75) is 44.9 Å². The summed E-state index contributed by atoms with van der Waals surface area (Å²) in [7, 11) is 19.7. The first kappa shape index (κ1) is 56.0. The fraction of sp³-hybridized carbons (Fsp3) is 0.878. The second-order valence-corrected chi connectivity index (χ2v) is 16.7. The van der Waals surface area contributed by atoms with Gasteiger partial charge in [-0.1, -0.05) is 0 Å². The van der Waals surface area contributed by atoms with E-state index in [1.807, 2.05) is 95.0 Å². The molecular formula is C41H87N13O5. The molecule has 0 atom stereocenters. The predicted molar refractivity (Wildman–Crippen MR) is 239 cm³/mol. The largest absolute Gasteiger partial charge is 0.355 e. The van der Waals surface area contributed by atoms with Gasteiger partial charge in [0.2, 0.25) is 29.5 Å². The van der Waals surface area contributed by atoms with Crippen molar-refractivity contribution in [3.63, 3.8) is 0 Å². The van der Waals surface area contributed by atoms with Crippen LogP contribution < -0.4 is 26.6 Å². The molecule has 0 unspecified atom stereocenters. The zero-order valence-electron chi connectivity index (χ0n) is 39.0. The van der Waals surface area contributed by atoms with E-state index in [4.69, 9.17) is 0 Å². The number of nitrogens with one attached hydrogen (secondary N) is 5. The Hall–Kier alpha value is -2.97. The lowest BCUT2D eigenvalue weighted by atomic mass is 10.2. The summed E-state index contributed by atoms with van der Waals surface area (Å²) < 4.78 is 0. The molecule has 0 radical (unpaired) electrons. The molecule has 0 saturated carbocycles. The van der Waals surface area contributed by atoms with Crippen LogP contribution in [0.5, 0.6) is 0 Å². The van der Waals surface area contributed by atoms with Gasteiger partial charge in [0.15, 0.2) is 0 Å². The van der Waals surface area contributed by atoms with Gasteiger partial charge in [-0.05, 0) is 109 Å². The Morgan fingerprint density at radius 2 is 0.441 bits per heavy atom. The minimum atomic E-state index is -0.00386. The van der Waals surface area contributed by atoms with Crippen LogP contribution in [0.25, 0.3) is 0 Å². The molecule has 0 aromatic rings. The van der Waals surface area contributed by atoms with Crippen molar-refractivity contribution in [1.29, 1.82) is 0 Å². The third-order valence-electron chi connectivity index (χ3n) is 9.58. The summed E-state index contributed by atoms with van der Waals surface area (Å²) in [4.78, 5) is 80.3. The van der Waals surface area contributed by atoms with Gasteiger partial charge in [-0.15, -0.1) is 0 Å². The molecule has 0 heterocycles. The van der Waals surface area contributed by atoms with Gasteiger partial charge in [0.1, 0.15) is 0 Å². The van der Waals surface area contributed by atoms with Gasteiger partial charge in [-0.25, -0.2) is 0 Å². The summed E-state index contributed by atoms with van der Waals surface area (Å²) in [6, 6.07) is 0. The van der Waals surface area contributed by atoms with E-state index in [1.54, 1.807) is 0 Å². The van der Waals surface area contributed by atoms with E-state index in [1.165, 1.54) is 0 Å². The molecule has 0 rings (SSSR count). The quantitative estimate of drug-likeness (QED) is 0.0464. The Morgan fingerprint density at radius 3 is 0.610 bits per heavy atom. The first-order valence-electron chi connectivity index (χ1n) is 21.7. The van der Waals surface area contributed by atoms with Crippen molar-refractivity contribution in [2.24, 2.45) is 0 Å². The number of hydrogen-bond donors (Lipinski definition) is 5. The number of carbonyl (C=O) groups is 5. The van der Waals surface area contributed by atoms with Gasteiger partial charge in [0, 0.05) is 130 Å². The van der Waals surface area contributed by atoms with E-state index < -0.39 is 0 Å². The molecule has 0 bridgehead atoms. The van der Waals surface area contributed by atoms with Crippen LogP contribution in [0.2, 0.25) is 0 Å². The molecular weight excluding hydrogens is 755 g/mol. The number of nitrogens with zero attached hydrogens (tertiary/aromatic N) is 8. The van der Waals surface area contributed by atoms with E-state index >= 15 is 0 Å². The van der Waals surface area contributed by atoms with Crippen molar-refractivity contribution >= 4 is 29.5 Å². The van der Waals surface area contributed by atoms with Crippen LogP contribution in [0.1, 0.15) is 44.9 Å². The molecule has 0 aliphatic heterocycles. The summed E-state index contributed by atoms with van der Waals surface area (Å²) in [5.74, 6) is -0.000412. The van der Waals surface area contributed by atoms with Gasteiger partial charge < -0.3 is 65.8 Å². The number of carbonyl (C=O) groups excluding carboxylic acids is 5. The second kappa shape index (κ2) is 35.8. The third kappa shape index (κ3) is 37.7. The first-order chi connectivity index (χ1) is 28.0. The first-order valence-corrected chi connectivity index (χ1v) is 21.7. The van der Waals surface area contributed by atoms with E-state index in [0.29, 0.717) is 111 Å². The van der Waals surface area contributed by atoms with Gasteiger partial charge in [0.25, 0.3) is 0 Å². The second-order valence-electron chi connectivity index (χ2n) is 16.7. The topological polar surface area (TPSA) is 171 Å². The van der Waals surface area contributed by atoms with E-state index in [9.17, 15) is 24.0 Å². The molecule has 0 fully saturated rings. The van der Waals surface area contributed by atoms with Crippen molar-refractivity contribution in [3.8, 4) is 0 Å². The lowest BCUT2D eigenvalue weighted by Gasteiger charge is -2.27. The SMILES string of the molecule is CN(C)CCNC(=O)CCN(CCCN(CCC(=O)NCCN(C)C)CCC(=O)NCCN(C)C)CCCN(CCC(=O)NCCN(C)C)CCC(=O)NCCN(C)C. The summed E-state index contributed by atoms with van der Waals surface area (Å²) in [5.41, 5.74) is 0. The Labute approximate surface area is 358 Å². The van der Waals surface area contributed by atoms with Gasteiger partial charge in [-0.3, -0.25) is 24.0 Å². The van der Waals surface area contributed by atoms with Crippen LogP contribution >= 0.6 is 0 Å². The molecule has 0 saturated heterocycles. The van der Waals surface area contributed by atoms with Crippen LogP contribution in [0, 0.1) is 0 Å². The predicted octanol–water partition coefficient (Wildman–Crippen LogP) is -1.99. The number of likely N-dealkylation sites (N-methyl/N-ethyl adjacent to an activating group) is 5. The summed E-state index contributed by atoms with van der Waals surface area (Å²) in [5, 5.41) is 15.0. The maximum Gasteiger partial charge on any atom is 0.221 e. The van der Waals surface area contributed by atoms with Crippen molar-refractivity contribution < 1.29 is 24.0 Å². The van der Waals surface area contributed by atoms with Crippen LogP contribution in [-0.2, 0) is 24.0 Å². The highest BCUT2D eigenvalue weighted by molar-refractivity contribution is 5.77. The average molecular weight is 842 g/mol. The fourth-order valence-electron chi connectivity index (χ4n) is 5.88. The van der Waals surface area contributed by atoms with Crippen molar-refractivity contribution in [1.82, 2.24) is 65.8 Å². The Morgan fingerprint density at radius 1 is 0.271 bits per heavy atom.